The fraction of sp³-hybridized carbons (Fsp3) is 0.316. The van der Waals surface area contributed by atoms with E-state index in [4.69, 9.17) is 14.2 Å². The van der Waals surface area contributed by atoms with Gasteiger partial charge in [-0.2, -0.15) is 5.26 Å². The molecule has 1 fully saturated rings. The Balaban J connectivity index is 1.79. The van der Waals surface area contributed by atoms with E-state index in [9.17, 15) is 13.7 Å². The molecule has 6 nitrogen and oxygen atoms in total. The van der Waals surface area contributed by atoms with Gasteiger partial charge in [0.05, 0.1) is 22.8 Å². The number of nitrogens with zero attached hydrogens (tertiary/aromatic N) is 1. The van der Waals surface area contributed by atoms with Crippen LogP contribution in [0.1, 0.15) is 11.5 Å². The summed E-state index contributed by atoms with van der Waals surface area (Å²) in [4.78, 5) is 0.212. The Morgan fingerprint density at radius 1 is 1.19 bits per heavy atom. The molecule has 2 aromatic rings. The summed E-state index contributed by atoms with van der Waals surface area (Å²) in [6.45, 7) is 0.177. The molecule has 2 aromatic carbocycles. The highest BCUT2D eigenvalue weighted by Crippen LogP contribution is 2.64. The zero-order valence-electron chi connectivity index (χ0n) is 14.1. The van der Waals surface area contributed by atoms with Gasteiger partial charge in [0.15, 0.2) is 21.3 Å². The maximum absolute atomic E-state index is 13.2. The molecule has 0 aromatic heterocycles. The third-order valence-corrected chi connectivity index (χ3v) is 7.30. The molecule has 26 heavy (non-hydrogen) atoms. The van der Waals surface area contributed by atoms with E-state index in [1.165, 1.54) is 7.11 Å². The molecule has 0 N–H and O–H groups in total. The van der Waals surface area contributed by atoms with Crippen LogP contribution in [0.2, 0.25) is 0 Å². The highest BCUT2D eigenvalue weighted by Gasteiger charge is 2.72. The zero-order chi connectivity index (χ0) is 18.4. The van der Waals surface area contributed by atoms with Crippen LogP contribution in [-0.4, -0.2) is 34.2 Å². The van der Waals surface area contributed by atoms with Crippen LogP contribution in [-0.2, 0) is 14.6 Å². The Hall–Kier alpha value is -2.56. The van der Waals surface area contributed by atoms with Gasteiger partial charge in [0.25, 0.3) is 0 Å². The number of nitriles is 1. The Kier molecular flexibility index (Phi) is 3.90. The molecule has 2 aliphatic rings. The van der Waals surface area contributed by atoms with Gasteiger partial charge in [-0.1, -0.05) is 24.3 Å². The first kappa shape index (κ1) is 16.9. The molecule has 1 saturated carbocycles. The maximum atomic E-state index is 13.2. The van der Waals surface area contributed by atoms with Crippen LogP contribution in [0.3, 0.4) is 0 Å². The van der Waals surface area contributed by atoms with E-state index >= 15 is 0 Å². The molecular weight excluding hydrogens is 354 g/mol. The van der Waals surface area contributed by atoms with Crippen molar-refractivity contribution < 1.29 is 22.6 Å². The zero-order valence-corrected chi connectivity index (χ0v) is 14.9. The fourth-order valence-corrected chi connectivity index (χ4v) is 6.10. The topological polar surface area (TPSA) is 85.6 Å². The molecule has 0 saturated heterocycles. The van der Waals surface area contributed by atoms with Crippen molar-refractivity contribution in [2.45, 2.75) is 16.1 Å². The minimum atomic E-state index is -3.69. The standard InChI is InChI=1S/C19H17NO5S/c1-23-11-19(10-20)17(13-7-8-15-16(9-13)25-12-24-15)18(19)26(21,22)14-5-3-2-4-6-14/h2-9,17-18H,11-12H2,1H3/t17-,18+,19-/m1/s1. The van der Waals surface area contributed by atoms with Crippen molar-refractivity contribution in [2.24, 2.45) is 5.41 Å². The van der Waals surface area contributed by atoms with Gasteiger partial charge in [0.2, 0.25) is 6.79 Å². The highest BCUT2D eigenvalue weighted by atomic mass is 32.2. The molecule has 4 rings (SSSR count). The highest BCUT2D eigenvalue weighted by molar-refractivity contribution is 7.92. The second-order valence-corrected chi connectivity index (χ2v) is 8.52. The van der Waals surface area contributed by atoms with Gasteiger partial charge in [-0.25, -0.2) is 8.42 Å². The lowest BCUT2D eigenvalue weighted by atomic mass is 10.0. The summed E-state index contributed by atoms with van der Waals surface area (Å²) in [6, 6.07) is 15.7. The predicted octanol–water partition coefficient (Wildman–Crippen LogP) is 2.51. The normalized spacial score (nSPS) is 26.3. The van der Waals surface area contributed by atoms with Gasteiger partial charge >= 0.3 is 0 Å². The molecule has 134 valence electrons. The Labute approximate surface area is 151 Å². The second kappa shape index (κ2) is 6.01. The first-order chi connectivity index (χ1) is 12.5. The summed E-state index contributed by atoms with van der Waals surface area (Å²) in [5.41, 5.74) is -0.394. The average molecular weight is 371 g/mol. The molecule has 3 atom stereocenters. The molecule has 0 amide bonds. The van der Waals surface area contributed by atoms with Crippen molar-refractivity contribution in [3.63, 3.8) is 0 Å². The molecule has 1 heterocycles. The van der Waals surface area contributed by atoms with Crippen molar-refractivity contribution in [3.05, 3.63) is 54.1 Å². The van der Waals surface area contributed by atoms with Crippen LogP contribution in [0, 0.1) is 16.7 Å². The van der Waals surface area contributed by atoms with Gasteiger partial charge < -0.3 is 14.2 Å². The van der Waals surface area contributed by atoms with Gasteiger partial charge in [-0.05, 0) is 29.8 Å². The first-order valence-electron chi connectivity index (χ1n) is 8.13. The number of fused-ring (bicyclic) bond motifs is 1. The summed E-state index contributed by atoms with van der Waals surface area (Å²) in [5, 5.41) is 8.97. The van der Waals surface area contributed by atoms with E-state index in [-0.39, 0.29) is 18.3 Å². The van der Waals surface area contributed by atoms with Crippen LogP contribution in [0.4, 0.5) is 0 Å². The number of hydrogen-bond donors (Lipinski definition) is 0. The molecular formula is C19H17NO5S. The molecule has 0 radical (unpaired) electrons. The fourth-order valence-electron chi connectivity index (χ4n) is 3.77. The molecule has 1 aliphatic heterocycles. The minimum Gasteiger partial charge on any atom is -0.454 e. The lowest BCUT2D eigenvalue weighted by molar-refractivity contribution is 0.162. The summed E-state index contributed by atoms with van der Waals surface area (Å²) in [5.74, 6) is 0.688. The number of hydrogen-bond acceptors (Lipinski definition) is 6. The smallest absolute Gasteiger partial charge is 0.231 e. The second-order valence-electron chi connectivity index (χ2n) is 6.45. The van der Waals surface area contributed by atoms with Gasteiger partial charge in [0.1, 0.15) is 5.41 Å². The largest absolute Gasteiger partial charge is 0.454 e. The summed E-state index contributed by atoms with van der Waals surface area (Å²) in [6.07, 6.45) is 0. The van der Waals surface area contributed by atoms with E-state index in [2.05, 4.69) is 6.07 Å². The van der Waals surface area contributed by atoms with Crippen LogP contribution < -0.4 is 9.47 Å². The number of ether oxygens (including phenoxy) is 3. The van der Waals surface area contributed by atoms with Crippen molar-refractivity contribution in [2.75, 3.05) is 20.5 Å². The Morgan fingerprint density at radius 3 is 2.62 bits per heavy atom. The van der Waals surface area contributed by atoms with E-state index in [0.717, 1.165) is 5.56 Å². The third-order valence-electron chi connectivity index (χ3n) is 5.01. The lowest BCUT2D eigenvalue weighted by Gasteiger charge is -2.08. The number of benzene rings is 2. The van der Waals surface area contributed by atoms with Crippen molar-refractivity contribution >= 4 is 9.84 Å². The Bertz CT molecular complexity index is 983. The average Bonchev–Trinajstić information content (AvgIpc) is 3.10. The predicted molar refractivity (Wildman–Crippen MR) is 92.6 cm³/mol. The monoisotopic (exact) mass is 371 g/mol. The van der Waals surface area contributed by atoms with Crippen LogP contribution in [0.5, 0.6) is 11.5 Å². The molecule has 1 aliphatic carbocycles. The van der Waals surface area contributed by atoms with E-state index < -0.39 is 26.4 Å². The maximum Gasteiger partial charge on any atom is 0.231 e. The minimum absolute atomic E-state index is 0.0410. The quantitative estimate of drug-likeness (QED) is 0.803. The summed E-state index contributed by atoms with van der Waals surface area (Å²) in [7, 11) is -2.22. The molecule has 0 unspecified atom stereocenters. The summed E-state index contributed by atoms with van der Waals surface area (Å²) < 4.78 is 42.3. The molecule has 0 spiro atoms. The Morgan fingerprint density at radius 2 is 1.92 bits per heavy atom. The van der Waals surface area contributed by atoms with E-state index in [1.54, 1.807) is 48.5 Å². The summed E-state index contributed by atoms with van der Waals surface area (Å²) >= 11 is 0. The SMILES string of the molecule is COC[C@]1(C#N)[C@H](c2ccc3c(c2)OCO3)[C@@H]1S(=O)(=O)c1ccccc1. The van der Waals surface area contributed by atoms with Crippen LogP contribution in [0.15, 0.2) is 53.4 Å². The molecule has 7 heteroatoms. The van der Waals surface area contributed by atoms with Crippen LogP contribution >= 0.6 is 0 Å². The number of methoxy groups -OCH3 is 1. The number of rotatable bonds is 5. The van der Waals surface area contributed by atoms with Gasteiger partial charge in [-0.3, -0.25) is 0 Å². The van der Waals surface area contributed by atoms with E-state index in [1.807, 2.05) is 0 Å². The van der Waals surface area contributed by atoms with Crippen molar-refractivity contribution in [3.8, 4) is 17.6 Å². The van der Waals surface area contributed by atoms with E-state index in [0.29, 0.717) is 11.5 Å². The van der Waals surface area contributed by atoms with Crippen molar-refractivity contribution in [1.29, 1.82) is 5.26 Å². The number of sulfone groups is 1. The van der Waals surface area contributed by atoms with Crippen LogP contribution in [0.25, 0.3) is 0 Å². The lowest BCUT2D eigenvalue weighted by Crippen LogP contribution is -2.19. The van der Waals surface area contributed by atoms with Crippen molar-refractivity contribution in [1.82, 2.24) is 0 Å². The molecule has 0 bridgehead atoms. The van der Waals surface area contributed by atoms with Gasteiger partial charge in [-0.15, -0.1) is 0 Å². The third kappa shape index (κ3) is 2.37. The van der Waals surface area contributed by atoms with Gasteiger partial charge in [0, 0.05) is 13.0 Å². The first-order valence-corrected chi connectivity index (χ1v) is 9.68.